The summed E-state index contributed by atoms with van der Waals surface area (Å²) in [6.45, 7) is 3.94. The molecule has 0 aliphatic rings. The lowest BCUT2D eigenvalue weighted by Crippen LogP contribution is -2.12. The molecule has 96 valence electrons. The van der Waals surface area contributed by atoms with E-state index in [1.54, 1.807) is 7.11 Å². The van der Waals surface area contributed by atoms with E-state index in [1.165, 1.54) is 0 Å². The maximum atomic E-state index is 5.79. The first kappa shape index (κ1) is 12.7. The van der Waals surface area contributed by atoms with Gasteiger partial charge < -0.3 is 14.5 Å². The average Bonchev–Trinajstić information content (AvgIpc) is 2.88. The molecule has 0 unspecified atom stereocenters. The number of rotatable bonds is 6. The second-order valence-electron chi connectivity index (χ2n) is 4.17. The van der Waals surface area contributed by atoms with Crippen LogP contribution in [0.25, 0.3) is 11.3 Å². The molecule has 1 aromatic heterocycles. The van der Waals surface area contributed by atoms with Crippen molar-refractivity contribution in [2.45, 2.75) is 19.9 Å². The van der Waals surface area contributed by atoms with Gasteiger partial charge >= 0.3 is 0 Å². The van der Waals surface area contributed by atoms with Gasteiger partial charge in [0, 0.05) is 5.56 Å². The second-order valence-corrected chi connectivity index (χ2v) is 4.17. The van der Waals surface area contributed by atoms with E-state index in [0.29, 0.717) is 0 Å². The Morgan fingerprint density at radius 2 is 1.89 bits per heavy atom. The van der Waals surface area contributed by atoms with Crippen LogP contribution in [0.2, 0.25) is 0 Å². The first-order valence-corrected chi connectivity index (χ1v) is 6.27. The van der Waals surface area contributed by atoms with E-state index in [0.717, 1.165) is 42.3 Å². The van der Waals surface area contributed by atoms with E-state index in [4.69, 9.17) is 9.15 Å². The van der Waals surface area contributed by atoms with Crippen LogP contribution in [-0.2, 0) is 6.54 Å². The quantitative estimate of drug-likeness (QED) is 0.791. The van der Waals surface area contributed by atoms with E-state index in [-0.39, 0.29) is 0 Å². The molecule has 0 aliphatic heterocycles. The number of furan rings is 1. The summed E-state index contributed by atoms with van der Waals surface area (Å²) in [7, 11) is 1.67. The van der Waals surface area contributed by atoms with Crippen LogP contribution >= 0.6 is 0 Å². The van der Waals surface area contributed by atoms with Crippen LogP contribution in [-0.4, -0.2) is 13.7 Å². The van der Waals surface area contributed by atoms with Gasteiger partial charge in [0.1, 0.15) is 17.3 Å². The first-order valence-electron chi connectivity index (χ1n) is 6.27. The Balaban J connectivity index is 2.04. The summed E-state index contributed by atoms with van der Waals surface area (Å²) in [5.74, 6) is 2.72. The topological polar surface area (TPSA) is 34.4 Å². The average molecular weight is 245 g/mol. The van der Waals surface area contributed by atoms with Gasteiger partial charge in [0.05, 0.1) is 13.7 Å². The fraction of sp³-hybridized carbons (Fsp3) is 0.333. The molecule has 0 spiro atoms. The van der Waals surface area contributed by atoms with Gasteiger partial charge in [-0.15, -0.1) is 0 Å². The minimum Gasteiger partial charge on any atom is -0.497 e. The van der Waals surface area contributed by atoms with Crippen LogP contribution in [0.1, 0.15) is 19.1 Å². The SMILES string of the molecule is CCCNCc1ccc(-c2ccc(OC)cc2)o1. The van der Waals surface area contributed by atoms with Crippen molar-refractivity contribution in [2.24, 2.45) is 0 Å². The highest BCUT2D eigenvalue weighted by Crippen LogP contribution is 2.24. The highest BCUT2D eigenvalue weighted by Gasteiger charge is 2.04. The van der Waals surface area contributed by atoms with Crippen molar-refractivity contribution in [2.75, 3.05) is 13.7 Å². The fourth-order valence-electron chi connectivity index (χ4n) is 1.77. The van der Waals surface area contributed by atoms with Gasteiger partial charge in [-0.25, -0.2) is 0 Å². The van der Waals surface area contributed by atoms with Crippen molar-refractivity contribution >= 4 is 0 Å². The zero-order valence-electron chi connectivity index (χ0n) is 10.9. The lowest BCUT2D eigenvalue weighted by molar-refractivity contribution is 0.415. The van der Waals surface area contributed by atoms with Gasteiger partial charge in [-0.05, 0) is 49.4 Å². The van der Waals surface area contributed by atoms with Gasteiger partial charge in [0.25, 0.3) is 0 Å². The predicted molar refractivity (Wildman–Crippen MR) is 72.7 cm³/mol. The van der Waals surface area contributed by atoms with Crippen molar-refractivity contribution in [1.29, 1.82) is 0 Å². The molecule has 1 N–H and O–H groups in total. The molecule has 0 atom stereocenters. The van der Waals surface area contributed by atoms with Crippen molar-refractivity contribution in [1.82, 2.24) is 5.32 Å². The maximum Gasteiger partial charge on any atom is 0.134 e. The first-order chi connectivity index (χ1) is 8.83. The van der Waals surface area contributed by atoms with E-state index < -0.39 is 0 Å². The van der Waals surface area contributed by atoms with Crippen LogP contribution in [0.3, 0.4) is 0 Å². The molecule has 1 aromatic carbocycles. The highest BCUT2D eigenvalue weighted by atomic mass is 16.5. The molecule has 3 heteroatoms. The van der Waals surface area contributed by atoms with Crippen molar-refractivity contribution < 1.29 is 9.15 Å². The lowest BCUT2D eigenvalue weighted by atomic mass is 10.2. The predicted octanol–water partition coefficient (Wildman–Crippen LogP) is 3.45. The molecular weight excluding hydrogens is 226 g/mol. The number of hydrogen-bond acceptors (Lipinski definition) is 3. The Kier molecular flexibility index (Phi) is 4.42. The number of benzene rings is 1. The molecule has 2 aromatic rings. The van der Waals surface area contributed by atoms with Crippen molar-refractivity contribution in [3.05, 3.63) is 42.2 Å². The molecule has 1 heterocycles. The lowest BCUT2D eigenvalue weighted by Gasteiger charge is -2.01. The summed E-state index contributed by atoms with van der Waals surface area (Å²) in [4.78, 5) is 0. The third kappa shape index (κ3) is 3.14. The van der Waals surface area contributed by atoms with Gasteiger partial charge in [0.15, 0.2) is 0 Å². The van der Waals surface area contributed by atoms with Crippen molar-refractivity contribution in [3.8, 4) is 17.1 Å². The van der Waals surface area contributed by atoms with Gasteiger partial charge in [-0.2, -0.15) is 0 Å². The van der Waals surface area contributed by atoms with Crippen LogP contribution in [0.15, 0.2) is 40.8 Å². The smallest absolute Gasteiger partial charge is 0.134 e. The molecular formula is C15H19NO2. The monoisotopic (exact) mass is 245 g/mol. The zero-order valence-corrected chi connectivity index (χ0v) is 10.9. The molecule has 3 nitrogen and oxygen atoms in total. The molecule has 0 amide bonds. The van der Waals surface area contributed by atoms with E-state index in [9.17, 15) is 0 Å². The van der Waals surface area contributed by atoms with Gasteiger partial charge in [-0.3, -0.25) is 0 Å². The van der Waals surface area contributed by atoms with E-state index in [1.807, 2.05) is 36.4 Å². The van der Waals surface area contributed by atoms with Gasteiger partial charge in [-0.1, -0.05) is 6.92 Å². The van der Waals surface area contributed by atoms with E-state index in [2.05, 4.69) is 12.2 Å². The number of hydrogen-bond donors (Lipinski definition) is 1. The number of methoxy groups -OCH3 is 1. The highest BCUT2D eigenvalue weighted by molar-refractivity contribution is 5.58. The molecule has 0 saturated heterocycles. The molecule has 18 heavy (non-hydrogen) atoms. The van der Waals surface area contributed by atoms with Crippen LogP contribution in [0.4, 0.5) is 0 Å². The normalized spacial score (nSPS) is 10.6. The Hall–Kier alpha value is -1.74. The number of nitrogens with one attached hydrogen (secondary N) is 1. The standard InChI is InChI=1S/C15H19NO2/c1-3-10-16-11-14-8-9-15(18-14)12-4-6-13(17-2)7-5-12/h4-9,16H,3,10-11H2,1-2H3. The van der Waals surface area contributed by atoms with Crippen LogP contribution in [0.5, 0.6) is 5.75 Å². The molecule has 0 bridgehead atoms. The Morgan fingerprint density at radius 3 is 2.56 bits per heavy atom. The third-order valence-electron chi connectivity index (χ3n) is 2.76. The van der Waals surface area contributed by atoms with Crippen LogP contribution < -0.4 is 10.1 Å². The van der Waals surface area contributed by atoms with Gasteiger partial charge in [0.2, 0.25) is 0 Å². The van der Waals surface area contributed by atoms with E-state index >= 15 is 0 Å². The fourth-order valence-corrected chi connectivity index (χ4v) is 1.77. The van der Waals surface area contributed by atoms with Crippen LogP contribution in [0, 0.1) is 0 Å². The molecule has 2 rings (SSSR count). The summed E-state index contributed by atoms with van der Waals surface area (Å²) in [6, 6.07) is 11.9. The Labute approximate surface area is 108 Å². The maximum absolute atomic E-state index is 5.79. The minimum atomic E-state index is 0.782. The summed E-state index contributed by atoms with van der Waals surface area (Å²) in [6.07, 6.45) is 1.13. The summed E-state index contributed by atoms with van der Waals surface area (Å²) < 4.78 is 10.9. The summed E-state index contributed by atoms with van der Waals surface area (Å²) in [5.41, 5.74) is 1.07. The Bertz CT molecular complexity index is 473. The Morgan fingerprint density at radius 1 is 1.11 bits per heavy atom. The summed E-state index contributed by atoms with van der Waals surface area (Å²) in [5, 5.41) is 3.32. The molecule has 0 fully saturated rings. The second kappa shape index (κ2) is 6.26. The third-order valence-corrected chi connectivity index (χ3v) is 2.76. The molecule has 0 radical (unpaired) electrons. The largest absolute Gasteiger partial charge is 0.497 e. The molecule has 0 aliphatic carbocycles. The summed E-state index contributed by atoms with van der Waals surface area (Å²) >= 11 is 0. The van der Waals surface area contributed by atoms with Crippen molar-refractivity contribution in [3.63, 3.8) is 0 Å². The zero-order chi connectivity index (χ0) is 12.8. The molecule has 0 saturated carbocycles. The number of ether oxygens (including phenoxy) is 1. The minimum absolute atomic E-state index is 0.782.